The molecule has 0 fully saturated rings. The number of imidazole rings is 1. The summed E-state index contributed by atoms with van der Waals surface area (Å²) in [5.74, 6) is 0.0838. The van der Waals surface area contributed by atoms with Crippen molar-refractivity contribution in [1.29, 1.82) is 0 Å². The standard InChI is InChI=1S/C13H20N4OS/c1-8-7-19-13-15-9(2)11(17(8)13)6-14-10(3)12(18)16(4)5/h7,10,14H,6H2,1-5H3. The molecule has 1 N–H and O–H groups in total. The summed E-state index contributed by atoms with van der Waals surface area (Å²) in [5.41, 5.74) is 3.34. The summed E-state index contributed by atoms with van der Waals surface area (Å²) in [6, 6.07) is -0.195. The zero-order valence-corrected chi connectivity index (χ0v) is 12.8. The van der Waals surface area contributed by atoms with Crippen LogP contribution in [0.5, 0.6) is 0 Å². The zero-order chi connectivity index (χ0) is 14.2. The molecular formula is C13H20N4OS. The van der Waals surface area contributed by atoms with E-state index in [4.69, 9.17) is 0 Å². The molecule has 0 aliphatic rings. The molecule has 2 heterocycles. The van der Waals surface area contributed by atoms with Crippen LogP contribution in [0.25, 0.3) is 4.96 Å². The van der Waals surface area contributed by atoms with E-state index in [1.165, 1.54) is 5.69 Å². The average molecular weight is 280 g/mol. The van der Waals surface area contributed by atoms with Crippen molar-refractivity contribution in [2.24, 2.45) is 0 Å². The highest BCUT2D eigenvalue weighted by atomic mass is 32.1. The number of hydrogen-bond donors (Lipinski definition) is 1. The van der Waals surface area contributed by atoms with Gasteiger partial charge in [0.2, 0.25) is 5.91 Å². The van der Waals surface area contributed by atoms with Gasteiger partial charge >= 0.3 is 0 Å². The number of nitrogens with zero attached hydrogens (tertiary/aromatic N) is 3. The maximum Gasteiger partial charge on any atom is 0.238 e. The molecule has 2 aromatic rings. The number of amides is 1. The van der Waals surface area contributed by atoms with Crippen molar-refractivity contribution in [3.8, 4) is 0 Å². The highest BCUT2D eigenvalue weighted by Gasteiger charge is 2.17. The lowest BCUT2D eigenvalue weighted by molar-refractivity contribution is -0.130. The van der Waals surface area contributed by atoms with E-state index in [1.54, 1.807) is 30.3 Å². The number of likely N-dealkylation sites (N-methyl/N-ethyl adjacent to an activating group) is 1. The largest absolute Gasteiger partial charge is 0.347 e. The quantitative estimate of drug-likeness (QED) is 0.925. The van der Waals surface area contributed by atoms with Crippen molar-refractivity contribution in [2.75, 3.05) is 14.1 Å². The lowest BCUT2D eigenvalue weighted by Crippen LogP contribution is -2.41. The van der Waals surface area contributed by atoms with Gasteiger partial charge in [-0.15, -0.1) is 11.3 Å². The van der Waals surface area contributed by atoms with E-state index >= 15 is 0 Å². The SMILES string of the molecule is Cc1nc2scc(C)n2c1CNC(C)C(=O)N(C)C. The van der Waals surface area contributed by atoms with Gasteiger partial charge < -0.3 is 10.2 Å². The van der Waals surface area contributed by atoms with Gasteiger partial charge in [-0.3, -0.25) is 9.20 Å². The Morgan fingerprint density at radius 3 is 2.84 bits per heavy atom. The first-order valence-corrected chi connectivity index (χ1v) is 7.16. The molecule has 0 radical (unpaired) electrons. The summed E-state index contributed by atoms with van der Waals surface area (Å²) < 4.78 is 2.15. The van der Waals surface area contributed by atoms with Gasteiger partial charge in [-0.2, -0.15) is 0 Å². The summed E-state index contributed by atoms with van der Waals surface area (Å²) in [4.78, 5) is 19.0. The monoisotopic (exact) mass is 280 g/mol. The Bertz CT molecular complexity index is 599. The predicted octanol–water partition coefficient (Wildman–Crippen LogP) is 1.58. The molecule has 6 heteroatoms. The number of fused-ring (bicyclic) bond motifs is 1. The zero-order valence-electron chi connectivity index (χ0n) is 12.0. The Hall–Kier alpha value is -1.40. The van der Waals surface area contributed by atoms with E-state index in [1.807, 2.05) is 13.8 Å². The lowest BCUT2D eigenvalue weighted by Gasteiger charge is -2.18. The molecular weight excluding hydrogens is 260 g/mol. The molecule has 5 nitrogen and oxygen atoms in total. The van der Waals surface area contributed by atoms with Gasteiger partial charge in [-0.1, -0.05) is 0 Å². The molecule has 0 saturated carbocycles. The van der Waals surface area contributed by atoms with E-state index in [2.05, 4.69) is 27.0 Å². The Balaban J connectivity index is 2.15. The number of aryl methyl sites for hydroxylation is 2. The van der Waals surface area contributed by atoms with Crippen LogP contribution in [-0.2, 0) is 11.3 Å². The lowest BCUT2D eigenvalue weighted by atomic mass is 10.2. The number of nitrogens with one attached hydrogen (secondary N) is 1. The maximum atomic E-state index is 11.8. The second kappa shape index (κ2) is 5.30. The number of carbonyl (C=O) groups is 1. The minimum atomic E-state index is -0.195. The third-order valence-corrected chi connectivity index (χ3v) is 4.16. The van der Waals surface area contributed by atoms with Crippen molar-refractivity contribution in [3.05, 3.63) is 22.5 Å². The topological polar surface area (TPSA) is 49.6 Å². The summed E-state index contributed by atoms with van der Waals surface area (Å²) >= 11 is 1.64. The van der Waals surface area contributed by atoms with Crippen molar-refractivity contribution in [1.82, 2.24) is 19.6 Å². The smallest absolute Gasteiger partial charge is 0.238 e. The molecule has 0 aliphatic heterocycles. The molecule has 0 saturated heterocycles. The fourth-order valence-corrected chi connectivity index (χ4v) is 3.03. The number of hydrogen-bond acceptors (Lipinski definition) is 4. The van der Waals surface area contributed by atoms with Gasteiger partial charge in [0, 0.05) is 31.7 Å². The minimum Gasteiger partial charge on any atom is -0.347 e. The van der Waals surface area contributed by atoms with Crippen LogP contribution in [0.2, 0.25) is 0 Å². The third-order valence-electron chi connectivity index (χ3n) is 3.22. The Labute approximate surface area is 117 Å². The van der Waals surface area contributed by atoms with Crippen molar-refractivity contribution in [2.45, 2.75) is 33.4 Å². The van der Waals surface area contributed by atoms with Crippen LogP contribution in [0.3, 0.4) is 0 Å². The highest BCUT2D eigenvalue weighted by Crippen LogP contribution is 2.20. The van der Waals surface area contributed by atoms with E-state index in [0.717, 1.165) is 16.3 Å². The first kappa shape index (κ1) is 14.0. The molecule has 104 valence electrons. The van der Waals surface area contributed by atoms with Crippen LogP contribution < -0.4 is 5.32 Å². The number of thiazole rings is 1. The van der Waals surface area contributed by atoms with Gasteiger partial charge in [0.1, 0.15) is 0 Å². The Morgan fingerprint density at radius 1 is 1.53 bits per heavy atom. The molecule has 2 aromatic heterocycles. The first-order chi connectivity index (χ1) is 8.91. The molecule has 1 amide bonds. The van der Waals surface area contributed by atoms with Gasteiger partial charge in [-0.25, -0.2) is 4.98 Å². The van der Waals surface area contributed by atoms with Crippen molar-refractivity contribution in [3.63, 3.8) is 0 Å². The second-order valence-electron chi connectivity index (χ2n) is 4.97. The summed E-state index contributed by atoms with van der Waals surface area (Å²) in [6.07, 6.45) is 0. The average Bonchev–Trinajstić information content (AvgIpc) is 2.85. The number of rotatable bonds is 4. The number of aromatic nitrogens is 2. The molecule has 1 unspecified atom stereocenters. The van der Waals surface area contributed by atoms with E-state index in [0.29, 0.717) is 6.54 Å². The first-order valence-electron chi connectivity index (χ1n) is 6.28. The van der Waals surface area contributed by atoms with Crippen LogP contribution in [0.15, 0.2) is 5.38 Å². The molecule has 0 aromatic carbocycles. The fourth-order valence-electron chi connectivity index (χ4n) is 2.10. The van der Waals surface area contributed by atoms with Crippen LogP contribution in [-0.4, -0.2) is 40.3 Å². The van der Waals surface area contributed by atoms with Crippen molar-refractivity contribution < 1.29 is 4.79 Å². The van der Waals surface area contributed by atoms with Gasteiger partial charge in [0.25, 0.3) is 0 Å². The van der Waals surface area contributed by atoms with E-state index in [-0.39, 0.29) is 11.9 Å². The normalized spacial score (nSPS) is 12.9. The van der Waals surface area contributed by atoms with Gasteiger partial charge in [0.15, 0.2) is 4.96 Å². The second-order valence-corrected chi connectivity index (χ2v) is 5.81. The summed E-state index contributed by atoms with van der Waals surface area (Å²) in [5, 5.41) is 5.37. The molecule has 0 bridgehead atoms. The number of carbonyl (C=O) groups excluding carboxylic acids is 1. The molecule has 2 rings (SSSR count). The van der Waals surface area contributed by atoms with E-state index < -0.39 is 0 Å². The van der Waals surface area contributed by atoms with Crippen LogP contribution in [0.1, 0.15) is 24.0 Å². The Kier molecular flexibility index (Phi) is 3.91. The minimum absolute atomic E-state index is 0.0838. The van der Waals surface area contributed by atoms with Crippen molar-refractivity contribution >= 4 is 22.2 Å². The predicted molar refractivity (Wildman–Crippen MR) is 77.5 cm³/mol. The summed E-state index contributed by atoms with van der Waals surface area (Å²) in [7, 11) is 3.54. The third kappa shape index (κ3) is 2.64. The maximum absolute atomic E-state index is 11.8. The molecule has 1 atom stereocenters. The van der Waals surface area contributed by atoms with Crippen LogP contribution in [0, 0.1) is 13.8 Å². The van der Waals surface area contributed by atoms with Gasteiger partial charge in [-0.05, 0) is 20.8 Å². The Morgan fingerprint density at radius 2 is 2.21 bits per heavy atom. The summed E-state index contributed by atoms with van der Waals surface area (Å²) in [6.45, 7) is 6.61. The molecule has 0 spiro atoms. The highest BCUT2D eigenvalue weighted by molar-refractivity contribution is 7.15. The fraction of sp³-hybridized carbons (Fsp3) is 0.538. The molecule has 0 aliphatic carbocycles. The molecule has 19 heavy (non-hydrogen) atoms. The van der Waals surface area contributed by atoms with E-state index in [9.17, 15) is 4.79 Å². The van der Waals surface area contributed by atoms with Crippen LogP contribution in [0.4, 0.5) is 0 Å². The van der Waals surface area contributed by atoms with Crippen LogP contribution >= 0.6 is 11.3 Å². The van der Waals surface area contributed by atoms with Gasteiger partial charge in [0.05, 0.1) is 17.4 Å².